The molecule has 0 aliphatic heterocycles. The van der Waals surface area contributed by atoms with Crippen molar-refractivity contribution < 1.29 is 10.2 Å². The SMILES string of the molecule is Cc1ccc2nc(CC[C@H](C)[C@@H]3CC[C@@H]4[C@H]5CC[C@H]6C[C@@H](O)CC[C@]6(C)[C@@H]5C[C@@H](O)[C@]43C)[nH]c2c1. The third-order valence-electron chi connectivity index (χ3n) is 12.0. The molecule has 0 unspecified atom stereocenters. The van der Waals surface area contributed by atoms with E-state index in [0.717, 1.165) is 61.3 Å². The zero-order valence-electron chi connectivity index (χ0n) is 22.3. The van der Waals surface area contributed by atoms with Crippen LogP contribution in [0.4, 0.5) is 0 Å². The van der Waals surface area contributed by atoms with Gasteiger partial charge in [-0.15, -0.1) is 0 Å². The fraction of sp³-hybridized carbons (Fsp3) is 0.774. The number of aryl methyl sites for hydroxylation is 2. The quantitative estimate of drug-likeness (QED) is 0.474. The minimum atomic E-state index is -0.194. The van der Waals surface area contributed by atoms with Crippen molar-refractivity contribution in [2.75, 3.05) is 0 Å². The molecule has 4 aliphatic carbocycles. The predicted octanol–water partition coefficient (Wildman–Crippen LogP) is 6.43. The molecule has 3 N–H and O–H groups in total. The minimum absolute atomic E-state index is 0.0446. The molecule has 4 aliphatic rings. The van der Waals surface area contributed by atoms with E-state index in [1.165, 1.54) is 31.2 Å². The number of hydrogen-bond donors (Lipinski definition) is 3. The van der Waals surface area contributed by atoms with E-state index in [1.54, 1.807) is 0 Å². The molecule has 4 heteroatoms. The summed E-state index contributed by atoms with van der Waals surface area (Å²) in [7, 11) is 0. The Morgan fingerprint density at radius 1 is 1.06 bits per heavy atom. The number of aromatic nitrogens is 2. The number of fused-ring (bicyclic) bond motifs is 6. The van der Waals surface area contributed by atoms with Gasteiger partial charge >= 0.3 is 0 Å². The Morgan fingerprint density at radius 2 is 1.89 bits per heavy atom. The van der Waals surface area contributed by atoms with E-state index < -0.39 is 0 Å². The van der Waals surface area contributed by atoms with Crippen LogP contribution in [0, 0.1) is 53.3 Å². The van der Waals surface area contributed by atoms with Gasteiger partial charge in [-0.1, -0.05) is 26.8 Å². The monoisotopic (exact) mass is 478 g/mol. The minimum Gasteiger partial charge on any atom is -0.393 e. The van der Waals surface area contributed by atoms with Crippen LogP contribution in [0.15, 0.2) is 18.2 Å². The topological polar surface area (TPSA) is 69.1 Å². The summed E-state index contributed by atoms with van der Waals surface area (Å²) in [6.07, 6.45) is 11.0. The van der Waals surface area contributed by atoms with Gasteiger partial charge < -0.3 is 15.2 Å². The van der Waals surface area contributed by atoms with Crippen molar-refractivity contribution in [2.24, 2.45) is 46.3 Å². The number of aromatic amines is 1. The highest BCUT2D eigenvalue weighted by Gasteiger charge is 2.63. The van der Waals surface area contributed by atoms with Crippen molar-refractivity contribution in [3.8, 4) is 0 Å². The number of aliphatic hydroxyl groups excluding tert-OH is 2. The van der Waals surface area contributed by atoms with E-state index in [0.29, 0.717) is 35.0 Å². The standard InChI is InChI=1S/C31H46N2O2/c1-18-5-11-26-27(15-18)33-29(32-26)12-6-19(2)23-9-10-24-22-8-7-20-16-21(34)13-14-30(20,3)25(22)17-28(35)31(23,24)4/h5,11,15,19-25,28,34-35H,6-10,12-14,16-17H2,1-4H3,(H,32,33)/t19-,20-,21-,22+,23-,24+,25+,28+,30-,31-/m0/s1. The molecule has 2 aromatic rings. The molecule has 0 saturated heterocycles. The molecular weight excluding hydrogens is 432 g/mol. The zero-order valence-corrected chi connectivity index (χ0v) is 22.3. The van der Waals surface area contributed by atoms with Gasteiger partial charge in [-0.25, -0.2) is 4.98 Å². The summed E-state index contributed by atoms with van der Waals surface area (Å²) in [5.41, 5.74) is 3.84. The molecule has 4 saturated carbocycles. The number of benzene rings is 1. The Bertz CT molecular complexity index is 1080. The zero-order chi connectivity index (χ0) is 24.5. The van der Waals surface area contributed by atoms with Crippen molar-refractivity contribution in [3.63, 3.8) is 0 Å². The summed E-state index contributed by atoms with van der Waals surface area (Å²) in [6.45, 7) is 9.53. The Kier molecular flexibility index (Phi) is 5.88. The van der Waals surface area contributed by atoms with Crippen LogP contribution in [0.5, 0.6) is 0 Å². The Morgan fingerprint density at radius 3 is 2.71 bits per heavy atom. The lowest BCUT2D eigenvalue weighted by Gasteiger charge is -2.62. The van der Waals surface area contributed by atoms with E-state index in [4.69, 9.17) is 4.98 Å². The first-order valence-corrected chi connectivity index (χ1v) is 14.5. The number of rotatable bonds is 4. The van der Waals surface area contributed by atoms with E-state index in [-0.39, 0.29) is 17.6 Å². The van der Waals surface area contributed by atoms with E-state index in [9.17, 15) is 10.2 Å². The van der Waals surface area contributed by atoms with Gasteiger partial charge in [-0.05, 0) is 129 Å². The number of hydrogen-bond acceptors (Lipinski definition) is 3. The summed E-state index contributed by atoms with van der Waals surface area (Å²) in [4.78, 5) is 8.40. The molecule has 1 aromatic heterocycles. The van der Waals surface area contributed by atoms with Gasteiger partial charge in [0.05, 0.1) is 23.2 Å². The average molecular weight is 479 g/mol. The molecule has 0 amide bonds. The lowest BCUT2D eigenvalue weighted by Crippen LogP contribution is -2.58. The van der Waals surface area contributed by atoms with Crippen molar-refractivity contribution in [1.82, 2.24) is 9.97 Å². The number of imidazole rings is 1. The molecule has 0 radical (unpaired) electrons. The first-order valence-electron chi connectivity index (χ1n) is 14.5. The third-order valence-corrected chi connectivity index (χ3v) is 12.0. The second-order valence-electron chi connectivity index (χ2n) is 13.6. The van der Waals surface area contributed by atoms with Crippen molar-refractivity contribution in [3.05, 3.63) is 29.6 Å². The van der Waals surface area contributed by atoms with Crippen LogP contribution < -0.4 is 0 Å². The summed E-state index contributed by atoms with van der Waals surface area (Å²) < 4.78 is 0. The molecule has 0 bridgehead atoms. The molecule has 192 valence electrons. The van der Waals surface area contributed by atoms with Gasteiger partial charge in [-0.2, -0.15) is 0 Å². The molecule has 4 fully saturated rings. The van der Waals surface area contributed by atoms with Gasteiger partial charge in [0.25, 0.3) is 0 Å². The number of H-pyrrole nitrogens is 1. The number of aliphatic hydroxyl groups is 2. The first-order chi connectivity index (χ1) is 16.7. The molecule has 0 spiro atoms. The molecule has 1 heterocycles. The highest BCUT2D eigenvalue weighted by molar-refractivity contribution is 5.75. The largest absolute Gasteiger partial charge is 0.393 e. The van der Waals surface area contributed by atoms with Crippen LogP contribution in [0.25, 0.3) is 11.0 Å². The lowest BCUT2D eigenvalue weighted by molar-refractivity contribution is -0.174. The number of nitrogens with one attached hydrogen (secondary N) is 1. The van der Waals surface area contributed by atoms with E-state index in [2.05, 4.69) is 50.9 Å². The summed E-state index contributed by atoms with van der Waals surface area (Å²) in [6, 6.07) is 6.44. The van der Waals surface area contributed by atoms with Crippen LogP contribution in [0.1, 0.15) is 89.9 Å². The predicted molar refractivity (Wildman–Crippen MR) is 141 cm³/mol. The van der Waals surface area contributed by atoms with Crippen LogP contribution in [0.2, 0.25) is 0 Å². The highest BCUT2D eigenvalue weighted by atomic mass is 16.3. The summed E-state index contributed by atoms with van der Waals surface area (Å²) in [5.74, 6) is 4.98. The maximum absolute atomic E-state index is 11.8. The van der Waals surface area contributed by atoms with Gasteiger partial charge in [0.15, 0.2) is 0 Å². The summed E-state index contributed by atoms with van der Waals surface area (Å²) >= 11 is 0. The van der Waals surface area contributed by atoms with Crippen LogP contribution in [-0.4, -0.2) is 32.4 Å². The Labute approximate surface area is 211 Å². The second-order valence-corrected chi connectivity index (χ2v) is 13.6. The third kappa shape index (κ3) is 3.72. The van der Waals surface area contributed by atoms with E-state index in [1.807, 2.05) is 0 Å². The Balaban J connectivity index is 1.18. The number of nitrogens with zero attached hydrogens (tertiary/aromatic N) is 1. The van der Waals surface area contributed by atoms with Gasteiger partial charge in [-0.3, -0.25) is 0 Å². The normalized spacial score (nSPS) is 44.0. The van der Waals surface area contributed by atoms with Crippen molar-refractivity contribution in [2.45, 2.75) is 104 Å². The van der Waals surface area contributed by atoms with E-state index >= 15 is 0 Å². The molecule has 1 aromatic carbocycles. The smallest absolute Gasteiger partial charge is 0.107 e. The van der Waals surface area contributed by atoms with Crippen LogP contribution >= 0.6 is 0 Å². The first kappa shape index (κ1) is 24.0. The van der Waals surface area contributed by atoms with Crippen LogP contribution in [0.3, 0.4) is 0 Å². The van der Waals surface area contributed by atoms with Gasteiger partial charge in [0.1, 0.15) is 5.82 Å². The van der Waals surface area contributed by atoms with Crippen molar-refractivity contribution >= 4 is 11.0 Å². The second kappa shape index (κ2) is 8.58. The van der Waals surface area contributed by atoms with Gasteiger partial charge in [0.2, 0.25) is 0 Å². The average Bonchev–Trinajstić information content (AvgIpc) is 3.40. The lowest BCUT2D eigenvalue weighted by atomic mass is 9.43. The molecule has 10 atom stereocenters. The fourth-order valence-corrected chi connectivity index (χ4v) is 10.0. The van der Waals surface area contributed by atoms with Crippen LogP contribution in [-0.2, 0) is 6.42 Å². The highest BCUT2D eigenvalue weighted by Crippen LogP contribution is 2.68. The fourth-order valence-electron chi connectivity index (χ4n) is 10.0. The van der Waals surface area contributed by atoms with Crippen molar-refractivity contribution in [1.29, 1.82) is 0 Å². The maximum atomic E-state index is 11.8. The molecular formula is C31H46N2O2. The Hall–Kier alpha value is -1.39. The van der Waals surface area contributed by atoms with Gasteiger partial charge in [0, 0.05) is 6.42 Å². The molecule has 35 heavy (non-hydrogen) atoms. The summed E-state index contributed by atoms with van der Waals surface area (Å²) in [5, 5.41) is 22.1. The molecule has 4 nitrogen and oxygen atoms in total. The molecule has 6 rings (SSSR count). The maximum Gasteiger partial charge on any atom is 0.107 e.